The molecule has 0 aliphatic carbocycles. The van der Waals surface area contributed by atoms with Gasteiger partial charge in [-0.15, -0.1) is 0 Å². The fourth-order valence-electron chi connectivity index (χ4n) is 0.240. The smallest absolute Gasteiger partial charge is 0.329 e. The molecule has 0 saturated heterocycles. The number of hydrogen-bond donors (Lipinski definition) is 2. The molecule has 9 heavy (non-hydrogen) atoms. The van der Waals surface area contributed by atoms with Gasteiger partial charge in [-0.25, -0.2) is 4.84 Å². The molecule has 0 aromatic heterocycles. The zero-order valence-electron chi connectivity index (χ0n) is 4.37. The van der Waals surface area contributed by atoms with Crippen LogP contribution in [0.3, 0.4) is 0 Å². The summed E-state index contributed by atoms with van der Waals surface area (Å²) in [5.41, 5.74) is 4.70. The van der Waals surface area contributed by atoms with Gasteiger partial charge in [-0.1, -0.05) is 0 Å². The van der Waals surface area contributed by atoms with Crippen molar-refractivity contribution in [3.8, 4) is 0 Å². The van der Waals surface area contributed by atoms with Crippen LogP contribution in [-0.2, 0) is 0 Å². The second kappa shape index (κ2) is 3.24. The van der Waals surface area contributed by atoms with Crippen LogP contribution >= 0.6 is 11.8 Å². The van der Waals surface area contributed by atoms with Crippen molar-refractivity contribution in [1.82, 2.24) is 4.84 Å². The first-order chi connectivity index (χ1) is 4.02. The van der Waals surface area contributed by atoms with E-state index in [-0.39, 0.29) is 0 Å². The molecule has 0 aromatic rings. The van der Waals surface area contributed by atoms with E-state index in [0.717, 1.165) is 0 Å². The van der Waals surface area contributed by atoms with Gasteiger partial charge in [0.15, 0.2) is 0 Å². The molecule has 0 aliphatic rings. The average molecular weight is 163 g/mol. The third kappa shape index (κ3) is 2.88. The summed E-state index contributed by atoms with van der Waals surface area (Å²) in [4.78, 5) is 1.51. The quantitative estimate of drug-likeness (QED) is 0.585. The summed E-state index contributed by atoms with van der Waals surface area (Å²) < 4.78 is 34.5. The van der Waals surface area contributed by atoms with Gasteiger partial charge in [0.1, 0.15) is 6.04 Å². The average Bonchev–Trinajstić information content (AvgIpc) is 1.65. The SMILES string of the molecule is NCC(NCl)C(F)(F)F. The van der Waals surface area contributed by atoms with Gasteiger partial charge in [-0.05, 0) is 11.8 Å². The first-order valence-corrected chi connectivity index (χ1v) is 2.53. The summed E-state index contributed by atoms with van der Waals surface area (Å²) in [6, 6.07) is -1.81. The van der Waals surface area contributed by atoms with Gasteiger partial charge in [0, 0.05) is 6.54 Å². The Bertz CT molecular complexity index is 79.6. The third-order valence-electron chi connectivity index (χ3n) is 0.763. The predicted molar refractivity (Wildman–Crippen MR) is 27.9 cm³/mol. The van der Waals surface area contributed by atoms with Crippen LogP contribution in [0, 0.1) is 0 Å². The lowest BCUT2D eigenvalue weighted by Gasteiger charge is -2.14. The van der Waals surface area contributed by atoms with E-state index in [9.17, 15) is 13.2 Å². The van der Waals surface area contributed by atoms with Gasteiger partial charge in [0.25, 0.3) is 0 Å². The zero-order valence-corrected chi connectivity index (χ0v) is 5.13. The lowest BCUT2D eigenvalue weighted by atomic mass is 10.3. The highest BCUT2D eigenvalue weighted by molar-refractivity contribution is 6.13. The minimum absolute atomic E-state index is 0.549. The van der Waals surface area contributed by atoms with Crippen LogP contribution in [0.1, 0.15) is 0 Å². The van der Waals surface area contributed by atoms with Crippen molar-refractivity contribution in [2.75, 3.05) is 6.54 Å². The maximum atomic E-state index is 11.5. The largest absolute Gasteiger partial charge is 0.406 e. The van der Waals surface area contributed by atoms with Gasteiger partial charge in [-0.2, -0.15) is 13.2 Å². The van der Waals surface area contributed by atoms with E-state index in [4.69, 9.17) is 17.5 Å². The fraction of sp³-hybridized carbons (Fsp3) is 1.00. The molecule has 0 spiro atoms. The van der Waals surface area contributed by atoms with Crippen LogP contribution in [0.5, 0.6) is 0 Å². The number of nitrogens with one attached hydrogen (secondary N) is 1. The molecule has 3 N–H and O–H groups in total. The van der Waals surface area contributed by atoms with Crippen molar-refractivity contribution in [1.29, 1.82) is 0 Å². The van der Waals surface area contributed by atoms with E-state index >= 15 is 0 Å². The maximum Gasteiger partial charge on any atom is 0.406 e. The topological polar surface area (TPSA) is 38.0 Å². The highest BCUT2D eigenvalue weighted by Crippen LogP contribution is 2.19. The molecule has 0 radical (unpaired) electrons. The Morgan fingerprint density at radius 3 is 2.00 bits per heavy atom. The van der Waals surface area contributed by atoms with Crippen LogP contribution in [0.15, 0.2) is 0 Å². The molecule has 2 nitrogen and oxygen atoms in total. The van der Waals surface area contributed by atoms with Crippen LogP contribution in [-0.4, -0.2) is 18.8 Å². The molecule has 0 fully saturated rings. The summed E-state index contributed by atoms with van der Waals surface area (Å²) in [6.45, 7) is -0.549. The van der Waals surface area contributed by atoms with Gasteiger partial charge in [-0.3, -0.25) is 0 Å². The second-order valence-corrected chi connectivity index (χ2v) is 1.66. The van der Waals surface area contributed by atoms with E-state index in [2.05, 4.69) is 0 Å². The lowest BCUT2D eigenvalue weighted by Crippen LogP contribution is -2.43. The van der Waals surface area contributed by atoms with E-state index in [1.54, 1.807) is 0 Å². The zero-order chi connectivity index (χ0) is 7.49. The molecule has 1 atom stereocenters. The monoisotopic (exact) mass is 162 g/mol. The first-order valence-electron chi connectivity index (χ1n) is 2.15. The van der Waals surface area contributed by atoms with E-state index < -0.39 is 18.8 Å². The number of rotatable bonds is 2. The number of alkyl halides is 3. The Hall–Kier alpha value is -0.0000000000000000555. The summed E-state index contributed by atoms with van der Waals surface area (Å²) in [7, 11) is 0. The van der Waals surface area contributed by atoms with E-state index in [1.807, 2.05) is 0 Å². The van der Waals surface area contributed by atoms with Crippen LogP contribution in [0.4, 0.5) is 13.2 Å². The number of nitrogens with two attached hydrogens (primary N) is 1. The van der Waals surface area contributed by atoms with Gasteiger partial charge < -0.3 is 5.73 Å². The number of hydrogen-bond acceptors (Lipinski definition) is 2. The second-order valence-electron chi connectivity index (χ2n) is 1.44. The van der Waals surface area contributed by atoms with Crippen molar-refractivity contribution in [3.63, 3.8) is 0 Å². The van der Waals surface area contributed by atoms with Crippen molar-refractivity contribution in [2.24, 2.45) is 5.73 Å². The van der Waals surface area contributed by atoms with E-state index in [1.165, 1.54) is 4.84 Å². The number of halogens is 4. The van der Waals surface area contributed by atoms with Crippen LogP contribution in [0.25, 0.3) is 0 Å². The van der Waals surface area contributed by atoms with Gasteiger partial charge in [0.05, 0.1) is 0 Å². The highest BCUT2D eigenvalue weighted by atomic mass is 35.5. The Balaban J connectivity index is 3.79. The van der Waals surface area contributed by atoms with Crippen molar-refractivity contribution >= 4 is 11.8 Å². The van der Waals surface area contributed by atoms with Gasteiger partial charge >= 0.3 is 6.18 Å². The molecule has 0 heterocycles. The van der Waals surface area contributed by atoms with E-state index in [0.29, 0.717) is 0 Å². The standard InChI is InChI=1S/C3H6ClF3N2/c4-9-2(1-8)3(5,6)7/h2,9H,1,8H2. The predicted octanol–water partition coefficient (Wildman–Crippen LogP) is 0.619. The summed E-state index contributed by atoms with van der Waals surface area (Å²) in [6.07, 6.45) is -4.35. The minimum atomic E-state index is -4.35. The van der Waals surface area contributed by atoms with Crippen LogP contribution in [0.2, 0.25) is 0 Å². The van der Waals surface area contributed by atoms with Crippen molar-refractivity contribution in [3.05, 3.63) is 0 Å². The molecule has 56 valence electrons. The summed E-state index contributed by atoms with van der Waals surface area (Å²) >= 11 is 4.70. The molecule has 0 saturated carbocycles. The first kappa shape index (κ1) is 9.00. The molecular weight excluding hydrogens is 156 g/mol. The van der Waals surface area contributed by atoms with Crippen LogP contribution < -0.4 is 10.6 Å². The molecule has 1 unspecified atom stereocenters. The summed E-state index contributed by atoms with van der Waals surface area (Å²) in [5.74, 6) is 0. The third-order valence-corrected chi connectivity index (χ3v) is 1.03. The highest BCUT2D eigenvalue weighted by Gasteiger charge is 2.37. The molecule has 0 bridgehead atoms. The van der Waals surface area contributed by atoms with Gasteiger partial charge in [0.2, 0.25) is 0 Å². The fourth-order valence-corrected chi connectivity index (χ4v) is 0.453. The Kier molecular flexibility index (Phi) is 3.24. The molecule has 0 aromatic carbocycles. The molecular formula is C3H6ClF3N2. The Labute approximate surface area is 55.3 Å². The summed E-state index contributed by atoms with van der Waals surface area (Å²) in [5, 5.41) is 0. The normalized spacial score (nSPS) is 15.7. The van der Waals surface area contributed by atoms with Crippen molar-refractivity contribution in [2.45, 2.75) is 12.2 Å². The molecule has 0 amide bonds. The Morgan fingerprint density at radius 1 is 1.56 bits per heavy atom. The minimum Gasteiger partial charge on any atom is -0.329 e. The lowest BCUT2D eigenvalue weighted by molar-refractivity contribution is -0.148. The van der Waals surface area contributed by atoms with Crippen molar-refractivity contribution < 1.29 is 13.2 Å². The molecule has 0 rings (SSSR count). The Morgan fingerprint density at radius 2 is 2.00 bits per heavy atom. The molecule has 0 aliphatic heterocycles. The molecule has 6 heteroatoms. The maximum absolute atomic E-state index is 11.5.